The summed E-state index contributed by atoms with van der Waals surface area (Å²) in [5, 5.41) is 11.7. The molecule has 3 aromatic carbocycles. The molecule has 2 aliphatic rings. The smallest absolute Gasteiger partial charge is 0.276 e. The van der Waals surface area contributed by atoms with Crippen LogP contribution in [0.5, 0.6) is 5.75 Å². The van der Waals surface area contributed by atoms with Crippen LogP contribution in [0.3, 0.4) is 0 Å². The zero-order valence-corrected chi connectivity index (χ0v) is 22.1. The maximum absolute atomic E-state index is 13.4. The molecule has 1 saturated heterocycles. The van der Waals surface area contributed by atoms with Crippen LogP contribution >= 0.6 is 43.6 Å². The number of hydrogen-bond acceptors (Lipinski definition) is 6. The molecule has 0 aliphatic carbocycles. The largest absolute Gasteiger partial charge is 0.497 e. The van der Waals surface area contributed by atoms with E-state index in [9.17, 15) is 9.59 Å². The highest BCUT2D eigenvalue weighted by molar-refractivity contribution is 9.10. The molecule has 0 aromatic heterocycles. The monoisotopic (exact) mass is 610 g/mol. The van der Waals surface area contributed by atoms with Crippen LogP contribution in [0, 0.1) is 0 Å². The number of amidine groups is 1. The van der Waals surface area contributed by atoms with Crippen molar-refractivity contribution < 1.29 is 14.3 Å². The molecule has 0 bridgehead atoms. The Morgan fingerprint density at radius 3 is 2.49 bits per heavy atom. The van der Waals surface area contributed by atoms with Crippen molar-refractivity contribution in [3.8, 4) is 5.75 Å². The number of methoxy groups -OCH3 is 1. The van der Waals surface area contributed by atoms with Crippen molar-refractivity contribution in [2.24, 2.45) is 10.2 Å². The zero-order valence-electron chi connectivity index (χ0n) is 18.2. The van der Waals surface area contributed by atoms with E-state index in [-0.39, 0.29) is 17.5 Å². The third-order valence-electron chi connectivity index (χ3n) is 5.22. The molecule has 10 heteroatoms. The number of nitrogens with one attached hydrogen (secondary N) is 1. The normalized spacial score (nSPS) is 18.5. The summed E-state index contributed by atoms with van der Waals surface area (Å²) in [4.78, 5) is 27.9. The number of thioether (sulfide) groups is 1. The predicted molar refractivity (Wildman–Crippen MR) is 147 cm³/mol. The van der Waals surface area contributed by atoms with Crippen molar-refractivity contribution in [2.75, 3.05) is 17.3 Å². The lowest BCUT2D eigenvalue weighted by atomic mass is 10.1. The Morgan fingerprint density at radius 1 is 0.971 bits per heavy atom. The lowest BCUT2D eigenvalue weighted by Crippen LogP contribution is -2.28. The molecule has 0 spiro atoms. The number of carbonyl (C=O) groups excluding carboxylic acids is 2. The van der Waals surface area contributed by atoms with E-state index in [0.717, 1.165) is 14.5 Å². The molecular weight excluding hydrogens is 596 g/mol. The minimum absolute atomic E-state index is 0.181. The van der Waals surface area contributed by atoms with E-state index in [1.807, 2.05) is 30.3 Å². The van der Waals surface area contributed by atoms with E-state index in [0.29, 0.717) is 32.8 Å². The summed E-state index contributed by atoms with van der Waals surface area (Å²) >= 11 is 8.08. The van der Waals surface area contributed by atoms with E-state index in [2.05, 4.69) is 47.4 Å². The van der Waals surface area contributed by atoms with Gasteiger partial charge in [-0.05, 0) is 78.0 Å². The van der Waals surface area contributed by atoms with E-state index in [1.165, 1.54) is 16.7 Å². The quantitative estimate of drug-likeness (QED) is 0.287. The van der Waals surface area contributed by atoms with Gasteiger partial charge in [0.05, 0.1) is 23.4 Å². The summed E-state index contributed by atoms with van der Waals surface area (Å²) in [7, 11) is 1.58. The van der Waals surface area contributed by atoms with Gasteiger partial charge in [0.25, 0.3) is 11.8 Å². The zero-order chi connectivity index (χ0) is 24.5. The fourth-order valence-electron chi connectivity index (χ4n) is 3.57. The third kappa shape index (κ3) is 4.82. The van der Waals surface area contributed by atoms with Gasteiger partial charge in [-0.3, -0.25) is 14.5 Å². The molecule has 7 nitrogen and oxygen atoms in total. The van der Waals surface area contributed by atoms with Crippen LogP contribution in [0.15, 0.2) is 90.8 Å². The summed E-state index contributed by atoms with van der Waals surface area (Å²) in [6, 6.07) is 20.2. The van der Waals surface area contributed by atoms with Crippen LogP contribution in [-0.4, -0.2) is 29.8 Å². The highest BCUT2D eigenvalue weighted by Gasteiger charge is 2.35. The molecule has 2 heterocycles. The van der Waals surface area contributed by atoms with Crippen LogP contribution in [0.2, 0.25) is 0 Å². The summed E-state index contributed by atoms with van der Waals surface area (Å²) in [5.74, 6) is 0.0808. The van der Waals surface area contributed by atoms with Gasteiger partial charge in [0.15, 0.2) is 5.71 Å². The average Bonchev–Trinajstić information content (AvgIpc) is 3.32. The van der Waals surface area contributed by atoms with Crippen molar-refractivity contribution in [3.63, 3.8) is 0 Å². The van der Waals surface area contributed by atoms with Crippen LogP contribution in [0.25, 0.3) is 6.08 Å². The van der Waals surface area contributed by atoms with E-state index in [1.54, 1.807) is 49.6 Å². The topological polar surface area (TPSA) is 83.4 Å². The summed E-state index contributed by atoms with van der Waals surface area (Å²) in [5.41, 5.74) is 2.96. The molecule has 0 radical (unpaired) electrons. The van der Waals surface area contributed by atoms with Crippen molar-refractivity contribution in [2.45, 2.75) is 0 Å². The van der Waals surface area contributed by atoms with Gasteiger partial charge in [-0.1, -0.05) is 44.0 Å². The second-order valence-corrected chi connectivity index (χ2v) is 10.3. The Labute approximate surface area is 222 Å². The third-order valence-corrected chi connectivity index (χ3v) is 7.16. The number of benzene rings is 3. The van der Waals surface area contributed by atoms with Crippen LogP contribution in [-0.2, 0) is 9.59 Å². The number of halogens is 2. The van der Waals surface area contributed by atoms with Crippen molar-refractivity contribution >= 4 is 83.8 Å². The molecule has 2 amide bonds. The van der Waals surface area contributed by atoms with Gasteiger partial charge in [0, 0.05) is 14.5 Å². The highest BCUT2D eigenvalue weighted by atomic mass is 79.9. The summed E-state index contributed by atoms with van der Waals surface area (Å²) < 4.78 is 6.97. The number of ether oxygens (including phenoxy) is 1. The second-order valence-electron chi connectivity index (χ2n) is 7.48. The Morgan fingerprint density at radius 2 is 1.74 bits per heavy atom. The van der Waals surface area contributed by atoms with E-state index in [4.69, 9.17) is 4.74 Å². The molecule has 0 unspecified atom stereocenters. The Bertz CT molecular complexity index is 1450. The first kappa shape index (κ1) is 23.5. The van der Waals surface area contributed by atoms with E-state index < -0.39 is 0 Å². The Balaban J connectivity index is 1.57. The lowest BCUT2D eigenvalue weighted by Gasteiger charge is -2.15. The van der Waals surface area contributed by atoms with E-state index >= 15 is 0 Å². The number of fused-ring (bicyclic) bond motifs is 1. The van der Waals surface area contributed by atoms with Crippen molar-refractivity contribution in [1.82, 2.24) is 0 Å². The Hall–Kier alpha value is -3.21. The molecular formula is C25H16Br2N4O3S. The van der Waals surface area contributed by atoms with Gasteiger partial charge >= 0.3 is 0 Å². The maximum atomic E-state index is 13.4. The molecule has 35 heavy (non-hydrogen) atoms. The van der Waals surface area contributed by atoms with Gasteiger partial charge in [-0.2, -0.15) is 0 Å². The van der Waals surface area contributed by atoms with Gasteiger partial charge in [0.1, 0.15) is 5.75 Å². The minimum atomic E-state index is -0.349. The number of carbonyl (C=O) groups is 2. The predicted octanol–water partition coefficient (Wildman–Crippen LogP) is 6.05. The Kier molecular flexibility index (Phi) is 6.59. The lowest BCUT2D eigenvalue weighted by molar-refractivity contribution is -0.113. The van der Waals surface area contributed by atoms with Crippen LogP contribution in [0.1, 0.15) is 11.1 Å². The average molecular weight is 612 g/mol. The van der Waals surface area contributed by atoms with Gasteiger partial charge in [-0.25, -0.2) is 0 Å². The second kappa shape index (κ2) is 9.80. The standard InChI is InChI=1S/C25H16Br2N4O3S/c1-34-18-8-6-17(7-9-18)31-24(33)21(12-14-3-2-4-15(26)11-14)35-25(31)30-29-22-19-13-16(27)5-10-20(19)28-23(22)32/h2-13H,1H3,(H,28,29,32). The molecule has 1 fully saturated rings. The molecule has 0 atom stereocenters. The van der Waals surface area contributed by atoms with Gasteiger partial charge < -0.3 is 10.1 Å². The van der Waals surface area contributed by atoms with Gasteiger partial charge in [-0.15, -0.1) is 10.2 Å². The minimum Gasteiger partial charge on any atom is -0.497 e. The van der Waals surface area contributed by atoms with Crippen molar-refractivity contribution in [3.05, 3.63) is 91.7 Å². The summed E-state index contributed by atoms with van der Waals surface area (Å²) in [6.07, 6.45) is 1.80. The SMILES string of the molecule is COc1ccc(N2C(=O)C(=Cc3cccc(Br)c3)SC2=NN=C2C(=O)Nc3ccc(Br)cc32)cc1. The maximum Gasteiger partial charge on any atom is 0.276 e. The van der Waals surface area contributed by atoms with Gasteiger partial charge in [0.2, 0.25) is 5.17 Å². The number of hydrogen-bond donors (Lipinski definition) is 1. The highest BCUT2D eigenvalue weighted by Crippen LogP contribution is 2.37. The number of anilines is 2. The summed E-state index contributed by atoms with van der Waals surface area (Å²) in [6.45, 7) is 0. The molecule has 5 rings (SSSR count). The number of amides is 2. The molecule has 2 aliphatic heterocycles. The molecule has 1 N–H and O–H groups in total. The number of nitrogens with zero attached hydrogens (tertiary/aromatic N) is 3. The molecule has 174 valence electrons. The fraction of sp³-hybridized carbons (Fsp3) is 0.0400. The first-order valence-corrected chi connectivity index (χ1v) is 12.7. The van der Waals surface area contributed by atoms with Crippen LogP contribution in [0.4, 0.5) is 11.4 Å². The van der Waals surface area contributed by atoms with Crippen molar-refractivity contribution in [1.29, 1.82) is 0 Å². The fourth-order valence-corrected chi connectivity index (χ4v) is 5.27. The van der Waals surface area contributed by atoms with Crippen LogP contribution < -0.4 is 15.0 Å². The molecule has 0 saturated carbocycles. The first-order valence-electron chi connectivity index (χ1n) is 10.3. The molecule has 3 aromatic rings. The first-order chi connectivity index (χ1) is 16.9. The number of rotatable bonds is 4.